The predicted octanol–water partition coefficient (Wildman–Crippen LogP) is 4.95. The molecule has 0 spiro atoms. The molecule has 17 heteroatoms. The van der Waals surface area contributed by atoms with E-state index in [9.17, 15) is 24.3 Å². The van der Waals surface area contributed by atoms with Crippen LogP contribution in [0.3, 0.4) is 0 Å². The van der Waals surface area contributed by atoms with Crippen LogP contribution >= 0.6 is 11.6 Å². The molecule has 1 unspecified atom stereocenters. The first-order chi connectivity index (χ1) is 28.5. The van der Waals surface area contributed by atoms with E-state index < -0.39 is 53.0 Å². The fraction of sp³-hybridized carbons (Fsp3) is 0.698. The number of hydrogen-bond donors (Lipinski definition) is 4. The van der Waals surface area contributed by atoms with Crippen LogP contribution in [0.2, 0.25) is 5.02 Å². The van der Waals surface area contributed by atoms with Crippen LogP contribution in [0.5, 0.6) is 11.5 Å². The van der Waals surface area contributed by atoms with Crippen molar-refractivity contribution in [1.29, 1.82) is 0 Å². The van der Waals surface area contributed by atoms with E-state index in [0.29, 0.717) is 97.4 Å². The van der Waals surface area contributed by atoms with Crippen LogP contribution in [0.15, 0.2) is 18.2 Å². The average Bonchev–Trinajstić information content (AvgIpc) is 3.61. The van der Waals surface area contributed by atoms with E-state index in [1.807, 2.05) is 33.8 Å². The van der Waals surface area contributed by atoms with Crippen LogP contribution in [-0.4, -0.2) is 140 Å². The summed E-state index contributed by atoms with van der Waals surface area (Å²) in [7, 11) is 1.60. The van der Waals surface area contributed by atoms with Gasteiger partial charge in [0.05, 0.1) is 31.9 Å². The number of rotatable bonds is 17. The molecule has 4 fully saturated rings. The van der Waals surface area contributed by atoms with Crippen molar-refractivity contribution in [2.24, 2.45) is 23.2 Å². The van der Waals surface area contributed by atoms with Gasteiger partial charge in [-0.2, -0.15) is 0 Å². The molecule has 2 aliphatic heterocycles. The number of likely N-dealkylation sites (tertiary alicyclic amines) is 1. The first-order valence-electron chi connectivity index (χ1n) is 21.3. The molecule has 1 aromatic carbocycles. The minimum absolute atomic E-state index is 0.0259. The number of aromatic nitrogens is 1. The third-order valence-electron chi connectivity index (χ3n) is 12.6. The van der Waals surface area contributed by atoms with Gasteiger partial charge in [-0.15, -0.1) is 0 Å². The van der Waals surface area contributed by atoms with Crippen LogP contribution in [0.4, 0.5) is 10.6 Å². The highest BCUT2D eigenvalue weighted by Crippen LogP contribution is 2.46. The highest BCUT2D eigenvalue weighted by atomic mass is 35.5. The lowest BCUT2D eigenvalue weighted by atomic mass is 9.85. The summed E-state index contributed by atoms with van der Waals surface area (Å²) in [6, 6.07) is 3.15. The molecule has 4 N–H and O–H groups in total. The smallest absolute Gasteiger partial charge is 0.408 e. The summed E-state index contributed by atoms with van der Waals surface area (Å²) in [5, 5.41) is 20.0. The zero-order valence-electron chi connectivity index (χ0n) is 36.0. The number of carbonyl (C=O) groups excluding carboxylic acids is 3. The number of nitrogens with zero attached hydrogens (tertiary/aromatic N) is 3. The standard InChI is InChI=1S/C43H63ClN6O10/c1-8-27-23-43(27,40(53)54)48-38(51)31-21-29(24-50(31)39(52)37(42(4,5)6)47-41(55)60-28-19-25(2)26(3)20-28)59-33-22-34(45-11-15-56-7)46-36-30(33)9-10-32(35(36)44)58-18-14-49-12-16-57-17-13-49/h9-10,22,25-29,31,37H,8,11-21,23-24H2,1-7H3,(H,45,46)(H,47,55)(H,48,51)(H,53,54)/t25-,26?,27-,28+,29-,31+,37-,43-/m1/s1. The van der Waals surface area contributed by atoms with Crippen molar-refractivity contribution in [3.05, 3.63) is 23.2 Å². The van der Waals surface area contributed by atoms with Crippen molar-refractivity contribution < 1.29 is 48.0 Å². The number of hydrogen-bond acceptors (Lipinski definition) is 12. The fourth-order valence-electron chi connectivity index (χ4n) is 8.65. The van der Waals surface area contributed by atoms with Gasteiger partial charge in [-0.1, -0.05) is 59.6 Å². The van der Waals surface area contributed by atoms with Gasteiger partial charge in [-0.25, -0.2) is 14.6 Å². The van der Waals surface area contributed by atoms with Crippen LogP contribution < -0.4 is 25.4 Å². The summed E-state index contributed by atoms with van der Waals surface area (Å²) >= 11 is 6.99. The normalized spacial score (nSPS) is 27.3. The van der Waals surface area contributed by atoms with Gasteiger partial charge in [0.1, 0.15) is 58.8 Å². The fourth-order valence-corrected chi connectivity index (χ4v) is 8.91. The molecule has 332 valence electrons. The number of amides is 3. The van der Waals surface area contributed by atoms with Crippen LogP contribution in [0.1, 0.15) is 73.6 Å². The Hall–Kier alpha value is -4.12. The van der Waals surface area contributed by atoms with Gasteiger partial charge >= 0.3 is 12.1 Å². The molecule has 60 heavy (non-hydrogen) atoms. The molecule has 16 nitrogen and oxygen atoms in total. The molecule has 6 rings (SSSR count). The van der Waals surface area contributed by atoms with Gasteiger partial charge < -0.3 is 49.6 Å². The van der Waals surface area contributed by atoms with E-state index in [0.717, 1.165) is 25.9 Å². The van der Waals surface area contributed by atoms with Gasteiger partial charge in [0, 0.05) is 51.2 Å². The molecular formula is C43H63ClN6O10. The number of carboxylic acid groups (broad SMARTS) is 1. The summed E-state index contributed by atoms with van der Waals surface area (Å²) in [6.45, 7) is 16.6. The Balaban J connectivity index is 1.27. The number of nitrogens with one attached hydrogen (secondary N) is 3. The number of alkyl carbamates (subject to hydrolysis) is 1. The van der Waals surface area contributed by atoms with Crippen LogP contribution in [0, 0.1) is 23.2 Å². The van der Waals surface area contributed by atoms with Gasteiger partial charge in [-0.3, -0.25) is 14.5 Å². The number of ether oxygens (including phenoxy) is 5. The Bertz CT molecular complexity index is 1860. The number of methoxy groups -OCH3 is 1. The summed E-state index contributed by atoms with van der Waals surface area (Å²) in [5.41, 5.74) is -1.77. The van der Waals surface area contributed by atoms with Crippen molar-refractivity contribution in [2.45, 2.75) is 103 Å². The quantitative estimate of drug-likeness (QED) is 0.157. The minimum atomic E-state index is -1.41. The number of fused-ring (bicyclic) bond motifs is 1. The molecule has 1 aromatic heterocycles. The highest BCUT2D eigenvalue weighted by Gasteiger charge is 2.61. The molecule has 2 saturated heterocycles. The maximum absolute atomic E-state index is 14.7. The number of morpholine rings is 1. The second kappa shape index (κ2) is 19.3. The van der Waals surface area contributed by atoms with Gasteiger partial charge in [0.25, 0.3) is 0 Å². The predicted molar refractivity (Wildman–Crippen MR) is 226 cm³/mol. The monoisotopic (exact) mass is 858 g/mol. The Labute approximate surface area is 357 Å². The topological polar surface area (TPSA) is 190 Å². The average molecular weight is 859 g/mol. The lowest BCUT2D eigenvalue weighted by Gasteiger charge is -2.35. The van der Waals surface area contributed by atoms with Gasteiger partial charge in [0.15, 0.2) is 0 Å². The van der Waals surface area contributed by atoms with Crippen molar-refractivity contribution in [3.8, 4) is 11.5 Å². The molecular weight excluding hydrogens is 796 g/mol. The number of anilines is 1. The molecule has 2 saturated carbocycles. The van der Waals surface area contributed by atoms with E-state index in [1.165, 1.54) is 4.90 Å². The summed E-state index contributed by atoms with van der Waals surface area (Å²) in [6.07, 6.45) is 0.710. The van der Waals surface area contributed by atoms with Crippen molar-refractivity contribution in [3.63, 3.8) is 0 Å². The lowest BCUT2D eigenvalue weighted by molar-refractivity contribution is -0.146. The number of carbonyl (C=O) groups is 4. The zero-order chi connectivity index (χ0) is 43.4. The highest BCUT2D eigenvalue weighted by molar-refractivity contribution is 6.36. The molecule has 2 aliphatic carbocycles. The second-order valence-electron chi connectivity index (χ2n) is 18.0. The number of pyridine rings is 1. The number of aliphatic carboxylic acids is 1. The largest absolute Gasteiger partial charge is 0.491 e. The molecule has 3 amide bonds. The Morgan fingerprint density at radius 2 is 1.77 bits per heavy atom. The second-order valence-corrected chi connectivity index (χ2v) is 18.3. The van der Waals surface area contributed by atoms with Crippen LogP contribution in [-0.2, 0) is 28.6 Å². The van der Waals surface area contributed by atoms with Crippen molar-refractivity contribution in [1.82, 2.24) is 25.4 Å². The van der Waals surface area contributed by atoms with E-state index in [-0.39, 0.29) is 25.0 Å². The minimum Gasteiger partial charge on any atom is -0.491 e. The number of benzene rings is 1. The zero-order valence-corrected chi connectivity index (χ0v) is 36.8. The van der Waals surface area contributed by atoms with Gasteiger partial charge in [0.2, 0.25) is 11.8 Å². The van der Waals surface area contributed by atoms with Gasteiger partial charge in [-0.05, 0) is 54.6 Å². The van der Waals surface area contributed by atoms with E-state index in [4.69, 9.17) is 40.3 Å². The Kier molecular flexibility index (Phi) is 14.6. The Morgan fingerprint density at radius 1 is 1.05 bits per heavy atom. The molecule has 4 aliphatic rings. The van der Waals surface area contributed by atoms with E-state index in [2.05, 4.69) is 34.7 Å². The SMILES string of the molecule is CC[C@@H]1C[C@]1(NC(=O)[C@@H]1C[C@@H](Oc2cc(NCCOC)nc3c(Cl)c(OCCN4CCOCC4)ccc23)CN1C(=O)[C@@H](NC(=O)O[C@@H]1CC(C)[C@H](C)C1)C(C)(C)C)C(=O)O. The first kappa shape index (κ1) is 45.4. The summed E-state index contributed by atoms with van der Waals surface area (Å²) < 4.78 is 29.4. The third kappa shape index (κ3) is 10.5. The maximum atomic E-state index is 14.7. The lowest BCUT2D eigenvalue weighted by Crippen LogP contribution is -2.59. The summed E-state index contributed by atoms with van der Waals surface area (Å²) in [5.74, 6) is -0.302. The van der Waals surface area contributed by atoms with Crippen molar-refractivity contribution in [2.75, 3.05) is 71.6 Å². The van der Waals surface area contributed by atoms with Crippen LogP contribution in [0.25, 0.3) is 10.9 Å². The maximum Gasteiger partial charge on any atom is 0.408 e. The van der Waals surface area contributed by atoms with Crippen molar-refractivity contribution >= 4 is 52.2 Å². The molecule has 3 heterocycles. The summed E-state index contributed by atoms with van der Waals surface area (Å²) in [4.78, 5) is 63.3. The number of carboxylic acids is 1. The number of halogens is 1. The Morgan fingerprint density at radius 3 is 2.40 bits per heavy atom. The van der Waals surface area contributed by atoms with E-state index >= 15 is 0 Å². The molecule has 0 bridgehead atoms. The first-order valence-corrected chi connectivity index (χ1v) is 21.7. The molecule has 2 aromatic rings. The third-order valence-corrected chi connectivity index (χ3v) is 13.0. The molecule has 8 atom stereocenters. The molecule has 0 radical (unpaired) electrons. The van der Waals surface area contributed by atoms with E-state index in [1.54, 1.807) is 19.2 Å².